The Morgan fingerprint density at radius 1 is 1.47 bits per heavy atom. The van der Waals surface area contributed by atoms with Crippen molar-refractivity contribution in [2.45, 2.75) is 26.3 Å². The minimum Gasteiger partial charge on any atom is -0.355 e. The van der Waals surface area contributed by atoms with E-state index in [0.717, 1.165) is 30.4 Å². The van der Waals surface area contributed by atoms with Gasteiger partial charge in [-0.3, -0.25) is 0 Å². The number of nitrogens with zero attached hydrogens (tertiary/aromatic N) is 3. The van der Waals surface area contributed by atoms with Crippen LogP contribution in [-0.4, -0.2) is 23.3 Å². The molecule has 4 heteroatoms. The van der Waals surface area contributed by atoms with Gasteiger partial charge in [0, 0.05) is 25.2 Å². The van der Waals surface area contributed by atoms with E-state index in [0.29, 0.717) is 6.54 Å². The quantitative estimate of drug-likeness (QED) is 0.789. The number of hydrogen-bond acceptors (Lipinski definition) is 4. The molecule has 0 unspecified atom stereocenters. The Bertz CT molecular complexity index is 318. The molecule has 1 saturated heterocycles. The summed E-state index contributed by atoms with van der Waals surface area (Å²) in [5.41, 5.74) is 6.79. The van der Waals surface area contributed by atoms with Gasteiger partial charge in [-0.05, 0) is 24.8 Å². The van der Waals surface area contributed by atoms with Crippen molar-refractivity contribution in [3.63, 3.8) is 0 Å². The van der Waals surface area contributed by atoms with Crippen molar-refractivity contribution in [1.29, 1.82) is 0 Å². The number of piperidine rings is 1. The van der Waals surface area contributed by atoms with Gasteiger partial charge in [-0.25, -0.2) is 0 Å². The van der Waals surface area contributed by atoms with Crippen LogP contribution in [0.2, 0.25) is 0 Å². The van der Waals surface area contributed by atoms with E-state index in [1.807, 2.05) is 6.07 Å². The van der Waals surface area contributed by atoms with Gasteiger partial charge in [0.15, 0.2) is 5.82 Å². The Morgan fingerprint density at radius 3 is 2.87 bits per heavy atom. The molecule has 1 aliphatic heterocycles. The number of nitrogens with two attached hydrogens (primary N) is 1. The Hall–Kier alpha value is -1.16. The van der Waals surface area contributed by atoms with Crippen LogP contribution < -0.4 is 10.6 Å². The molecular formula is C11H18N4. The summed E-state index contributed by atoms with van der Waals surface area (Å²) in [6, 6.07) is 1.96. The Labute approximate surface area is 90.5 Å². The van der Waals surface area contributed by atoms with E-state index in [4.69, 9.17) is 5.73 Å². The fraction of sp³-hybridized carbons (Fsp3) is 0.636. The number of aromatic nitrogens is 2. The lowest BCUT2D eigenvalue weighted by molar-refractivity contribution is 0.435. The summed E-state index contributed by atoms with van der Waals surface area (Å²) in [4.78, 5) is 2.30. The highest BCUT2D eigenvalue weighted by atomic mass is 15.3. The molecule has 15 heavy (non-hydrogen) atoms. The number of rotatable bonds is 2. The first-order valence-electron chi connectivity index (χ1n) is 5.57. The highest BCUT2D eigenvalue weighted by Crippen LogP contribution is 2.23. The van der Waals surface area contributed by atoms with Crippen molar-refractivity contribution in [3.05, 3.63) is 17.8 Å². The molecule has 0 amide bonds. The first kappa shape index (κ1) is 10.4. The molecule has 4 nitrogen and oxygen atoms in total. The smallest absolute Gasteiger partial charge is 0.155 e. The van der Waals surface area contributed by atoms with Crippen LogP contribution in [0.3, 0.4) is 0 Å². The normalized spacial score (nSPS) is 18.1. The van der Waals surface area contributed by atoms with Crippen LogP contribution in [0.15, 0.2) is 12.3 Å². The zero-order valence-electron chi connectivity index (χ0n) is 9.19. The third kappa shape index (κ3) is 2.26. The minimum atomic E-state index is 0.539. The van der Waals surface area contributed by atoms with Crippen molar-refractivity contribution >= 4 is 5.82 Å². The monoisotopic (exact) mass is 206 g/mol. The van der Waals surface area contributed by atoms with Crippen LogP contribution in [0.5, 0.6) is 0 Å². The lowest BCUT2D eigenvalue weighted by Crippen LogP contribution is -2.34. The predicted molar refractivity (Wildman–Crippen MR) is 60.5 cm³/mol. The van der Waals surface area contributed by atoms with Gasteiger partial charge in [-0.1, -0.05) is 6.92 Å². The first-order chi connectivity index (χ1) is 7.31. The number of anilines is 1. The molecule has 0 saturated carbocycles. The summed E-state index contributed by atoms with van der Waals surface area (Å²) < 4.78 is 0. The molecular weight excluding hydrogens is 188 g/mol. The predicted octanol–water partition coefficient (Wildman–Crippen LogP) is 1.17. The van der Waals surface area contributed by atoms with Crippen LogP contribution in [0, 0.1) is 5.92 Å². The van der Waals surface area contributed by atoms with E-state index in [1.165, 1.54) is 12.8 Å². The molecule has 1 aromatic heterocycles. The molecule has 0 spiro atoms. The molecule has 82 valence electrons. The maximum absolute atomic E-state index is 5.69. The summed E-state index contributed by atoms with van der Waals surface area (Å²) in [5, 5.41) is 8.13. The average Bonchev–Trinajstić information content (AvgIpc) is 2.30. The molecule has 1 aromatic rings. The summed E-state index contributed by atoms with van der Waals surface area (Å²) in [6.45, 7) is 4.99. The lowest BCUT2D eigenvalue weighted by atomic mass is 9.99. The minimum absolute atomic E-state index is 0.539. The Balaban J connectivity index is 2.15. The van der Waals surface area contributed by atoms with Crippen molar-refractivity contribution in [3.8, 4) is 0 Å². The van der Waals surface area contributed by atoms with E-state index in [1.54, 1.807) is 6.20 Å². The van der Waals surface area contributed by atoms with Gasteiger partial charge in [0.25, 0.3) is 0 Å². The van der Waals surface area contributed by atoms with Gasteiger partial charge in [-0.15, -0.1) is 5.10 Å². The molecule has 0 aliphatic carbocycles. The topological polar surface area (TPSA) is 55.0 Å². The molecule has 0 bridgehead atoms. The highest BCUT2D eigenvalue weighted by molar-refractivity contribution is 5.45. The van der Waals surface area contributed by atoms with Crippen molar-refractivity contribution in [2.75, 3.05) is 18.0 Å². The van der Waals surface area contributed by atoms with Gasteiger partial charge in [0.05, 0.1) is 6.20 Å². The zero-order valence-corrected chi connectivity index (χ0v) is 9.19. The summed E-state index contributed by atoms with van der Waals surface area (Å²) in [7, 11) is 0. The van der Waals surface area contributed by atoms with Crippen LogP contribution in [-0.2, 0) is 6.54 Å². The molecule has 0 atom stereocenters. The van der Waals surface area contributed by atoms with E-state index < -0.39 is 0 Å². The van der Waals surface area contributed by atoms with Gasteiger partial charge >= 0.3 is 0 Å². The summed E-state index contributed by atoms with van der Waals surface area (Å²) >= 11 is 0. The van der Waals surface area contributed by atoms with Crippen molar-refractivity contribution in [2.24, 2.45) is 11.7 Å². The molecule has 2 N–H and O–H groups in total. The van der Waals surface area contributed by atoms with Gasteiger partial charge in [0.1, 0.15) is 0 Å². The Kier molecular flexibility index (Phi) is 3.16. The van der Waals surface area contributed by atoms with Crippen LogP contribution in [0.4, 0.5) is 5.82 Å². The SMILES string of the molecule is CC1CCN(c2nnccc2CN)CC1. The summed E-state index contributed by atoms with van der Waals surface area (Å²) in [5.74, 6) is 1.81. The second-order valence-corrected chi connectivity index (χ2v) is 4.25. The third-order valence-corrected chi connectivity index (χ3v) is 3.09. The van der Waals surface area contributed by atoms with E-state index in [-0.39, 0.29) is 0 Å². The van der Waals surface area contributed by atoms with E-state index in [9.17, 15) is 0 Å². The first-order valence-corrected chi connectivity index (χ1v) is 5.57. The maximum Gasteiger partial charge on any atom is 0.155 e. The van der Waals surface area contributed by atoms with Gasteiger partial charge < -0.3 is 10.6 Å². The highest BCUT2D eigenvalue weighted by Gasteiger charge is 2.18. The van der Waals surface area contributed by atoms with Crippen molar-refractivity contribution < 1.29 is 0 Å². The summed E-state index contributed by atoms with van der Waals surface area (Å²) in [6.07, 6.45) is 4.18. The molecule has 1 fully saturated rings. The standard InChI is InChI=1S/C11H18N4/c1-9-3-6-15(7-4-9)11-10(8-12)2-5-13-14-11/h2,5,9H,3-4,6-8,12H2,1H3. The second-order valence-electron chi connectivity index (χ2n) is 4.25. The molecule has 2 rings (SSSR count). The zero-order chi connectivity index (χ0) is 10.7. The van der Waals surface area contributed by atoms with E-state index in [2.05, 4.69) is 22.0 Å². The van der Waals surface area contributed by atoms with Gasteiger partial charge in [-0.2, -0.15) is 5.10 Å². The molecule has 2 heterocycles. The second kappa shape index (κ2) is 4.57. The van der Waals surface area contributed by atoms with E-state index >= 15 is 0 Å². The molecule has 0 aromatic carbocycles. The number of hydrogen-bond donors (Lipinski definition) is 1. The van der Waals surface area contributed by atoms with Crippen LogP contribution >= 0.6 is 0 Å². The average molecular weight is 206 g/mol. The largest absolute Gasteiger partial charge is 0.355 e. The van der Waals surface area contributed by atoms with Crippen LogP contribution in [0.25, 0.3) is 0 Å². The maximum atomic E-state index is 5.69. The molecule has 0 radical (unpaired) electrons. The lowest BCUT2D eigenvalue weighted by Gasteiger charge is -2.31. The Morgan fingerprint density at radius 2 is 2.20 bits per heavy atom. The van der Waals surface area contributed by atoms with Gasteiger partial charge in [0.2, 0.25) is 0 Å². The fourth-order valence-electron chi connectivity index (χ4n) is 2.00. The molecule has 1 aliphatic rings. The van der Waals surface area contributed by atoms with Crippen molar-refractivity contribution in [1.82, 2.24) is 10.2 Å². The van der Waals surface area contributed by atoms with Crippen LogP contribution in [0.1, 0.15) is 25.3 Å². The fourth-order valence-corrected chi connectivity index (χ4v) is 2.00. The third-order valence-electron chi connectivity index (χ3n) is 3.09.